The molecule has 29 heavy (non-hydrogen) atoms. The number of aromatic hydroxyl groups is 1. The molecule has 0 radical (unpaired) electrons. The standard InChI is InChI=1S/C21H11F3N2O3/c22-21(23,24)10-3-1-2-9(6-10)12-8-15-16(18-17(12)19(28)26-20(18)29)13-7-11(27)4-5-14(13)25-15/h1-8,25,27H,(H,26,28,29). The van der Waals surface area contributed by atoms with E-state index >= 15 is 0 Å². The van der Waals surface area contributed by atoms with Gasteiger partial charge in [-0.15, -0.1) is 0 Å². The Kier molecular flexibility index (Phi) is 3.34. The molecule has 1 aromatic heterocycles. The Labute approximate surface area is 160 Å². The maximum Gasteiger partial charge on any atom is 0.416 e. The molecule has 0 spiro atoms. The van der Waals surface area contributed by atoms with E-state index in [0.29, 0.717) is 21.8 Å². The highest BCUT2D eigenvalue weighted by molar-refractivity contribution is 6.32. The molecule has 144 valence electrons. The number of nitrogens with one attached hydrogen (secondary N) is 2. The molecule has 0 bridgehead atoms. The molecule has 3 N–H and O–H groups in total. The zero-order valence-electron chi connectivity index (χ0n) is 14.5. The van der Waals surface area contributed by atoms with Crippen molar-refractivity contribution in [1.29, 1.82) is 0 Å². The van der Waals surface area contributed by atoms with Crippen LogP contribution in [-0.4, -0.2) is 21.9 Å². The highest BCUT2D eigenvalue weighted by atomic mass is 19.4. The topological polar surface area (TPSA) is 82.2 Å². The number of amides is 2. The van der Waals surface area contributed by atoms with Crippen molar-refractivity contribution in [2.24, 2.45) is 0 Å². The fourth-order valence-corrected chi connectivity index (χ4v) is 3.84. The number of benzene rings is 3. The number of hydrogen-bond donors (Lipinski definition) is 3. The Bertz CT molecular complexity index is 1370. The highest BCUT2D eigenvalue weighted by Crippen LogP contribution is 2.40. The van der Waals surface area contributed by atoms with Gasteiger partial charge >= 0.3 is 6.18 Å². The number of rotatable bonds is 1. The van der Waals surface area contributed by atoms with Crippen LogP contribution in [0.2, 0.25) is 0 Å². The van der Waals surface area contributed by atoms with E-state index in [1.165, 1.54) is 24.3 Å². The van der Waals surface area contributed by atoms with Crippen molar-refractivity contribution in [3.63, 3.8) is 0 Å². The lowest BCUT2D eigenvalue weighted by Gasteiger charge is -2.11. The Morgan fingerprint density at radius 3 is 2.38 bits per heavy atom. The summed E-state index contributed by atoms with van der Waals surface area (Å²) in [4.78, 5) is 28.1. The molecular formula is C21H11F3N2O3. The van der Waals surface area contributed by atoms with Crippen molar-refractivity contribution in [1.82, 2.24) is 10.3 Å². The van der Waals surface area contributed by atoms with Crippen LogP contribution in [0.3, 0.4) is 0 Å². The number of phenolic OH excluding ortho intramolecular Hbond substituents is 1. The zero-order chi connectivity index (χ0) is 20.5. The SMILES string of the molecule is O=C1NC(=O)c2c1c(-c1cccc(C(F)(F)F)c1)cc1[nH]c3ccc(O)cc3c21. The second kappa shape index (κ2) is 5.60. The molecule has 8 heteroatoms. The molecule has 3 aromatic carbocycles. The van der Waals surface area contributed by atoms with E-state index in [4.69, 9.17) is 0 Å². The third-order valence-electron chi connectivity index (χ3n) is 5.05. The summed E-state index contributed by atoms with van der Waals surface area (Å²) in [6.45, 7) is 0. The summed E-state index contributed by atoms with van der Waals surface area (Å²) in [7, 11) is 0. The number of halogens is 3. The molecule has 0 aliphatic carbocycles. The van der Waals surface area contributed by atoms with Crippen LogP contribution in [-0.2, 0) is 6.18 Å². The lowest BCUT2D eigenvalue weighted by atomic mass is 9.92. The van der Waals surface area contributed by atoms with Gasteiger partial charge in [-0.25, -0.2) is 0 Å². The highest BCUT2D eigenvalue weighted by Gasteiger charge is 2.35. The van der Waals surface area contributed by atoms with Gasteiger partial charge in [0.25, 0.3) is 11.8 Å². The van der Waals surface area contributed by atoms with Gasteiger partial charge in [0.1, 0.15) is 5.75 Å². The minimum atomic E-state index is -4.54. The molecule has 1 aliphatic rings. The first-order valence-electron chi connectivity index (χ1n) is 8.59. The summed E-state index contributed by atoms with van der Waals surface area (Å²) in [6.07, 6.45) is -4.54. The van der Waals surface area contributed by atoms with Crippen molar-refractivity contribution < 1.29 is 27.9 Å². The van der Waals surface area contributed by atoms with Crippen molar-refractivity contribution in [3.8, 4) is 16.9 Å². The molecule has 2 heterocycles. The van der Waals surface area contributed by atoms with Crippen molar-refractivity contribution in [2.75, 3.05) is 0 Å². The summed E-state index contributed by atoms with van der Waals surface area (Å²) >= 11 is 0. The van der Waals surface area contributed by atoms with Gasteiger partial charge in [-0.2, -0.15) is 13.2 Å². The minimum absolute atomic E-state index is 0.0150. The molecule has 0 saturated heterocycles. The van der Waals surface area contributed by atoms with Crippen LogP contribution in [0.1, 0.15) is 26.3 Å². The first-order chi connectivity index (χ1) is 13.7. The molecule has 0 unspecified atom stereocenters. The largest absolute Gasteiger partial charge is 0.508 e. The van der Waals surface area contributed by atoms with E-state index in [0.717, 1.165) is 12.1 Å². The smallest absolute Gasteiger partial charge is 0.416 e. The lowest BCUT2D eigenvalue weighted by Crippen LogP contribution is -2.20. The molecule has 0 fully saturated rings. The zero-order valence-corrected chi connectivity index (χ0v) is 14.5. The number of hydrogen-bond acceptors (Lipinski definition) is 3. The predicted octanol–water partition coefficient (Wildman–Crippen LogP) is 4.60. The van der Waals surface area contributed by atoms with Crippen molar-refractivity contribution in [2.45, 2.75) is 6.18 Å². The number of fused-ring (bicyclic) bond motifs is 5. The van der Waals surface area contributed by atoms with Crippen LogP contribution in [0.25, 0.3) is 32.9 Å². The molecule has 5 rings (SSSR count). The van der Waals surface area contributed by atoms with E-state index in [-0.39, 0.29) is 28.0 Å². The average molecular weight is 396 g/mol. The lowest BCUT2D eigenvalue weighted by molar-refractivity contribution is -0.137. The molecule has 4 aromatic rings. The maximum absolute atomic E-state index is 13.2. The van der Waals surface area contributed by atoms with E-state index < -0.39 is 23.6 Å². The van der Waals surface area contributed by atoms with Gasteiger partial charge in [-0.3, -0.25) is 14.9 Å². The summed E-state index contributed by atoms with van der Waals surface area (Å²) < 4.78 is 39.5. The number of aromatic nitrogens is 1. The maximum atomic E-state index is 13.2. The fourth-order valence-electron chi connectivity index (χ4n) is 3.84. The second-order valence-corrected chi connectivity index (χ2v) is 6.81. The Morgan fingerprint density at radius 2 is 1.62 bits per heavy atom. The predicted molar refractivity (Wildman–Crippen MR) is 99.7 cm³/mol. The van der Waals surface area contributed by atoms with E-state index in [1.54, 1.807) is 12.1 Å². The quantitative estimate of drug-likeness (QED) is 0.412. The third kappa shape index (κ3) is 2.49. The van der Waals surface area contributed by atoms with Crippen molar-refractivity contribution in [3.05, 3.63) is 65.2 Å². The van der Waals surface area contributed by atoms with Crippen LogP contribution in [0.4, 0.5) is 13.2 Å². The molecule has 0 atom stereocenters. The van der Waals surface area contributed by atoms with E-state index in [1.807, 2.05) is 0 Å². The number of alkyl halides is 3. The van der Waals surface area contributed by atoms with Crippen LogP contribution in [0, 0.1) is 0 Å². The van der Waals surface area contributed by atoms with Gasteiger partial charge < -0.3 is 10.1 Å². The van der Waals surface area contributed by atoms with Crippen LogP contribution in [0.5, 0.6) is 5.75 Å². The fraction of sp³-hybridized carbons (Fsp3) is 0.0476. The first kappa shape index (κ1) is 17.3. The Hall–Kier alpha value is -3.81. The molecule has 1 aliphatic heterocycles. The van der Waals surface area contributed by atoms with Crippen LogP contribution < -0.4 is 5.32 Å². The number of H-pyrrole nitrogens is 1. The van der Waals surface area contributed by atoms with Crippen LogP contribution in [0.15, 0.2) is 48.5 Å². The van der Waals surface area contributed by atoms with Crippen molar-refractivity contribution >= 4 is 33.6 Å². The van der Waals surface area contributed by atoms with E-state index in [2.05, 4.69) is 10.3 Å². The number of carbonyl (C=O) groups is 2. The van der Waals surface area contributed by atoms with E-state index in [9.17, 15) is 27.9 Å². The molecular weight excluding hydrogens is 385 g/mol. The summed E-state index contributed by atoms with van der Waals surface area (Å²) in [5.74, 6) is -1.32. The minimum Gasteiger partial charge on any atom is -0.508 e. The van der Waals surface area contributed by atoms with Gasteiger partial charge in [0, 0.05) is 21.8 Å². The number of imide groups is 1. The number of phenols is 1. The summed E-state index contributed by atoms with van der Waals surface area (Å²) in [6, 6.07) is 10.7. The van der Waals surface area contributed by atoms with Gasteiger partial charge in [0.2, 0.25) is 0 Å². The number of aromatic amines is 1. The Balaban J connectivity index is 1.89. The van der Waals surface area contributed by atoms with Crippen LogP contribution >= 0.6 is 0 Å². The number of carbonyl (C=O) groups excluding carboxylic acids is 2. The second-order valence-electron chi connectivity index (χ2n) is 6.81. The van der Waals surface area contributed by atoms with Gasteiger partial charge in [0.15, 0.2) is 0 Å². The van der Waals surface area contributed by atoms with Gasteiger partial charge in [-0.1, -0.05) is 12.1 Å². The molecule has 5 nitrogen and oxygen atoms in total. The third-order valence-corrected chi connectivity index (χ3v) is 5.05. The molecule has 2 amide bonds. The Morgan fingerprint density at radius 1 is 0.862 bits per heavy atom. The first-order valence-corrected chi connectivity index (χ1v) is 8.59. The van der Waals surface area contributed by atoms with Gasteiger partial charge in [0.05, 0.1) is 16.7 Å². The summed E-state index contributed by atoms with van der Waals surface area (Å²) in [5.41, 5.74) is 0.731. The molecule has 0 saturated carbocycles. The van der Waals surface area contributed by atoms with Gasteiger partial charge in [-0.05, 0) is 47.5 Å². The normalized spacial score (nSPS) is 13.9. The monoisotopic (exact) mass is 396 g/mol. The average Bonchev–Trinajstić information content (AvgIpc) is 3.17. The summed E-state index contributed by atoms with van der Waals surface area (Å²) in [5, 5.41) is 13.0.